The van der Waals surface area contributed by atoms with Gasteiger partial charge in [-0.25, -0.2) is 8.42 Å². The van der Waals surface area contributed by atoms with Gasteiger partial charge in [0.15, 0.2) is 9.84 Å². The van der Waals surface area contributed by atoms with E-state index in [1.54, 1.807) is 19.1 Å². The first-order valence-electron chi connectivity index (χ1n) is 7.93. The molecule has 0 unspecified atom stereocenters. The molecule has 1 aromatic rings. The van der Waals surface area contributed by atoms with Crippen LogP contribution in [0.1, 0.15) is 34.1 Å². The summed E-state index contributed by atoms with van der Waals surface area (Å²) >= 11 is 0. The number of sulfone groups is 1. The molecule has 1 saturated heterocycles. The maximum atomic E-state index is 12.2. The van der Waals surface area contributed by atoms with E-state index in [1.165, 1.54) is 0 Å². The fourth-order valence-corrected chi connectivity index (χ4v) is 4.15. The van der Waals surface area contributed by atoms with Gasteiger partial charge < -0.3 is 10.1 Å². The molecule has 5 heteroatoms. The zero-order chi connectivity index (χ0) is 16.4. The molecule has 2 atom stereocenters. The van der Waals surface area contributed by atoms with Crippen molar-refractivity contribution in [1.29, 1.82) is 0 Å². The third-order valence-corrected chi connectivity index (χ3v) is 6.01. The van der Waals surface area contributed by atoms with Crippen LogP contribution in [0.15, 0.2) is 29.2 Å². The van der Waals surface area contributed by atoms with Crippen LogP contribution in [-0.2, 0) is 14.6 Å². The lowest BCUT2D eigenvalue weighted by atomic mass is 9.81. The highest BCUT2D eigenvalue weighted by molar-refractivity contribution is 7.91. The third kappa shape index (κ3) is 3.82. The van der Waals surface area contributed by atoms with Crippen LogP contribution in [0.2, 0.25) is 0 Å². The molecule has 22 heavy (non-hydrogen) atoms. The molecular weight excluding hydrogens is 298 g/mol. The van der Waals surface area contributed by atoms with Gasteiger partial charge in [0.05, 0.1) is 22.4 Å². The second-order valence-electron chi connectivity index (χ2n) is 6.99. The van der Waals surface area contributed by atoms with Crippen LogP contribution in [0, 0.1) is 11.3 Å². The Labute approximate surface area is 134 Å². The molecule has 1 aliphatic rings. The summed E-state index contributed by atoms with van der Waals surface area (Å²) in [4.78, 5) is 0.392. The Morgan fingerprint density at radius 1 is 1.27 bits per heavy atom. The summed E-state index contributed by atoms with van der Waals surface area (Å²) in [6, 6.07) is 7.14. The Bertz CT molecular complexity index is 605. The van der Waals surface area contributed by atoms with Crippen molar-refractivity contribution < 1.29 is 13.2 Å². The third-order valence-electron chi connectivity index (χ3n) is 4.22. The monoisotopic (exact) mass is 325 g/mol. The molecule has 1 fully saturated rings. The van der Waals surface area contributed by atoms with E-state index < -0.39 is 9.84 Å². The molecule has 1 N–H and O–H groups in total. The SMILES string of the molecule is CCS(=O)(=O)c1ccccc1NC[C@H]1CCO[C@@H]1C(C)(C)C. The lowest BCUT2D eigenvalue weighted by Gasteiger charge is -2.31. The average Bonchev–Trinajstić information content (AvgIpc) is 2.94. The summed E-state index contributed by atoms with van der Waals surface area (Å²) in [5, 5.41) is 3.34. The standard InChI is InChI=1S/C17H27NO3S/c1-5-22(19,20)15-9-7-6-8-14(15)18-12-13-10-11-21-16(13)17(2,3)4/h6-9,13,16,18H,5,10-12H2,1-4H3/t13-,16+/m1/s1. The fourth-order valence-electron chi connectivity index (χ4n) is 3.08. The minimum Gasteiger partial charge on any atom is -0.384 e. The minimum absolute atomic E-state index is 0.0951. The van der Waals surface area contributed by atoms with Gasteiger partial charge in [0.1, 0.15) is 0 Å². The predicted molar refractivity (Wildman–Crippen MR) is 90.0 cm³/mol. The Hall–Kier alpha value is -1.07. The molecule has 2 rings (SSSR count). The van der Waals surface area contributed by atoms with Crippen LogP contribution in [0.3, 0.4) is 0 Å². The van der Waals surface area contributed by atoms with Gasteiger partial charge in [-0.15, -0.1) is 0 Å². The van der Waals surface area contributed by atoms with E-state index >= 15 is 0 Å². The van der Waals surface area contributed by atoms with Crippen LogP contribution in [0.25, 0.3) is 0 Å². The minimum atomic E-state index is -3.21. The van der Waals surface area contributed by atoms with Crippen molar-refractivity contribution in [3.05, 3.63) is 24.3 Å². The molecule has 1 aliphatic heterocycles. The average molecular weight is 325 g/mol. The molecule has 1 aromatic carbocycles. The van der Waals surface area contributed by atoms with Crippen molar-refractivity contribution in [1.82, 2.24) is 0 Å². The molecule has 124 valence electrons. The van der Waals surface area contributed by atoms with E-state index in [-0.39, 0.29) is 17.3 Å². The number of hydrogen-bond acceptors (Lipinski definition) is 4. The molecular formula is C17H27NO3S. The van der Waals surface area contributed by atoms with Gasteiger partial charge in [0.2, 0.25) is 0 Å². The van der Waals surface area contributed by atoms with Crippen molar-refractivity contribution >= 4 is 15.5 Å². The molecule has 0 radical (unpaired) electrons. The highest BCUT2D eigenvalue weighted by atomic mass is 32.2. The van der Waals surface area contributed by atoms with Crippen molar-refractivity contribution in [3.8, 4) is 0 Å². The lowest BCUT2D eigenvalue weighted by molar-refractivity contribution is 0.00957. The first-order chi connectivity index (χ1) is 10.3. The molecule has 0 aliphatic carbocycles. The molecule has 4 nitrogen and oxygen atoms in total. The number of hydrogen-bond donors (Lipinski definition) is 1. The summed E-state index contributed by atoms with van der Waals surface area (Å²) in [6.45, 7) is 9.75. The smallest absolute Gasteiger partial charge is 0.180 e. The van der Waals surface area contributed by atoms with Crippen molar-refractivity contribution in [2.24, 2.45) is 11.3 Å². The van der Waals surface area contributed by atoms with Crippen molar-refractivity contribution in [2.75, 3.05) is 24.2 Å². The highest BCUT2D eigenvalue weighted by Crippen LogP contribution is 2.35. The van der Waals surface area contributed by atoms with Crippen LogP contribution < -0.4 is 5.32 Å². The topological polar surface area (TPSA) is 55.4 Å². The Balaban J connectivity index is 2.13. The van der Waals surface area contributed by atoms with Gasteiger partial charge >= 0.3 is 0 Å². The van der Waals surface area contributed by atoms with Crippen LogP contribution in [0.4, 0.5) is 5.69 Å². The first kappa shape index (κ1) is 17.3. The number of nitrogens with one attached hydrogen (secondary N) is 1. The van der Waals surface area contributed by atoms with Gasteiger partial charge in [-0.3, -0.25) is 0 Å². The van der Waals surface area contributed by atoms with Gasteiger partial charge in [0, 0.05) is 19.1 Å². The molecule has 0 saturated carbocycles. The molecule has 0 spiro atoms. The summed E-state index contributed by atoms with van der Waals surface area (Å²) in [6.07, 6.45) is 1.22. The van der Waals surface area contributed by atoms with Gasteiger partial charge in [-0.05, 0) is 24.0 Å². The molecule has 1 heterocycles. The largest absolute Gasteiger partial charge is 0.384 e. The maximum absolute atomic E-state index is 12.2. The van der Waals surface area contributed by atoms with Crippen molar-refractivity contribution in [3.63, 3.8) is 0 Å². The van der Waals surface area contributed by atoms with E-state index in [0.29, 0.717) is 16.5 Å². The summed E-state index contributed by atoms with van der Waals surface area (Å²) < 4.78 is 30.2. The second-order valence-corrected chi connectivity index (χ2v) is 9.23. The summed E-state index contributed by atoms with van der Waals surface area (Å²) in [7, 11) is -3.21. The number of anilines is 1. The predicted octanol–water partition coefficient (Wildman–Crippen LogP) is 3.34. The zero-order valence-corrected chi connectivity index (χ0v) is 14.7. The first-order valence-corrected chi connectivity index (χ1v) is 9.58. The lowest BCUT2D eigenvalue weighted by Crippen LogP contribution is -2.34. The number of rotatable bonds is 5. The molecule has 0 aromatic heterocycles. The van der Waals surface area contributed by atoms with E-state index in [1.807, 2.05) is 12.1 Å². The Morgan fingerprint density at radius 3 is 2.59 bits per heavy atom. The number of ether oxygens (including phenoxy) is 1. The van der Waals surface area contributed by atoms with Crippen molar-refractivity contribution in [2.45, 2.75) is 45.1 Å². The fraction of sp³-hybridized carbons (Fsp3) is 0.647. The zero-order valence-electron chi connectivity index (χ0n) is 13.9. The van der Waals surface area contributed by atoms with Gasteiger partial charge in [-0.2, -0.15) is 0 Å². The second kappa shape index (κ2) is 6.59. The number of benzene rings is 1. The van der Waals surface area contributed by atoms with Crippen LogP contribution in [0.5, 0.6) is 0 Å². The van der Waals surface area contributed by atoms with E-state index in [9.17, 15) is 8.42 Å². The summed E-state index contributed by atoms with van der Waals surface area (Å²) in [5.74, 6) is 0.514. The highest BCUT2D eigenvalue weighted by Gasteiger charge is 2.37. The molecule has 0 bridgehead atoms. The number of para-hydroxylation sites is 1. The quantitative estimate of drug-likeness (QED) is 0.902. The maximum Gasteiger partial charge on any atom is 0.180 e. The van der Waals surface area contributed by atoms with Crippen LogP contribution >= 0.6 is 0 Å². The van der Waals surface area contributed by atoms with Gasteiger partial charge in [-0.1, -0.05) is 39.8 Å². The summed E-state index contributed by atoms with van der Waals surface area (Å²) in [5.41, 5.74) is 0.793. The Kier molecular flexibility index (Phi) is 5.17. The molecule has 0 amide bonds. The van der Waals surface area contributed by atoms with E-state index in [0.717, 1.165) is 19.6 Å². The normalized spacial score (nSPS) is 22.7. The van der Waals surface area contributed by atoms with Crippen LogP contribution in [-0.4, -0.2) is 33.4 Å². The van der Waals surface area contributed by atoms with E-state index in [4.69, 9.17) is 4.74 Å². The Morgan fingerprint density at radius 2 is 1.95 bits per heavy atom. The van der Waals surface area contributed by atoms with Gasteiger partial charge in [0.25, 0.3) is 0 Å². The van der Waals surface area contributed by atoms with E-state index in [2.05, 4.69) is 26.1 Å².